The third kappa shape index (κ3) is 6.13. The van der Waals surface area contributed by atoms with Crippen molar-refractivity contribution in [2.45, 2.75) is 32.9 Å². The number of hydrogen-bond acceptors (Lipinski definition) is 6. The number of alkyl halides is 3. The number of benzene rings is 2. The number of amidine groups is 1. The lowest BCUT2D eigenvalue weighted by atomic mass is 10.0. The number of aliphatic hydroxyl groups excluding tert-OH is 1. The van der Waals surface area contributed by atoms with Gasteiger partial charge in [-0.2, -0.15) is 0 Å². The van der Waals surface area contributed by atoms with Crippen LogP contribution >= 0.6 is 0 Å². The maximum absolute atomic E-state index is 13.1. The van der Waals surface area contributed by atoms with Crippen LogP contribution in [0.5, 0.6) is 11.5 Å². The molecule has 3 aromatic rings. The highest BCUT2D eigenvalue weighted by Gasteiger charge is 2.32. The first-order chi connectivity index (χ1) is 15.6. The van der Waals surface area contributed by atoms with Crippen LogP contribution in [0.1, 0.15) is 22.4 Å². The van der Waals surface area contributed by atoms with Crippen LogP contribution in [0.4, 0.5) is 18.9 Å². The Morgan fingerprint density at radius 2 is 1.82 bits per heavy atom. The normalized spacial score (nSPS) is 11.3. The number of nitrogens with two attached hydrogens (primary N) is 1. The van der Waals surface area contributed by atoms with Crippen molar-refractivity contribution in [2.24, 2.45) is 5.73 Å². The summed E-state index contributed by atoms with van der Waals surface area (Å²) in [5, 5.41) is 29.8. The fourth-order valence-electron chi connectivity index (χ4n) is 3.30. The van der Waals surface area contributed by atoms with Gasteiger partial charge in [0.2, 0.25) is 0 Å². The first-order valence-corrected chi connectivity index (χ1v) is 9.90. The number of aromatic nitrogens is 1. The average molecular weight is 460 g/mol. The molecule has 0 unspecified atom stereocenters. The van der Waals surface area contributed by atoms with Crippen molar-refractivity contribution < 1.29 is 28.1 Å². The van der Waals surface area contributed by atoms with E-state index in [1.54, 1.807) is 37.3 Å². The molecule has 10 heteroatoms. The van der Waals surface area contributed by atoms with Gasteiger partial charge in [0.15, 0.2) is 5.75 Å². The zero-order valence-electron chi connectivity index (χ0n) is 17.7. The van der Waals surface area contributed by atoms with E-state index in [9.17, 15) is 23.4 Å². The summed E-state index contributed by atoms with van der Waals surface area (Å²) < 4.78 is 43.4. The van der Waals surface area contributed by atoms with Crippen LogP contribution in [-0.4, -0.2) is 27.4 Å². The smallest absolute Gasteiger partial charge is 0.506 e. The van der Waals surface area contributed by atoms with E-state index >= 15 is 0 Å². The molecule has 3 rings (SSSR count). The summed E-state index contributed by atoms with van der Waals surface area (Å²) in [6, 6.07) is 11.3. The molecule has 0 fully saturated rings. The quantitative estimate of drug-likeness (QED) is 0.253. The molecule has 7 nitrogen and oxygen atoms in total. The summed E-state index contributed by atoms with van der Waals surface area (Å²) in [4.78, 5) is 4.03. The minimum atomic E-state index is -4.90. The third-order valence-electron chi connectivity index (χ3n) is 4.95. The summed E-state index contributed by atoms with van der Waals surface area (Å²) in [5.41, 5.74) is 8.46. The van der Waals surface area contributed by atoms with Gasteiger partial charge >= 0.3 is 6.36 Å². The van der Waals surface area contributed by atoms with Gasteiger partial charge in [0.05, 0.1) is 23.8 Å². The summed E-state index contributed by atoms with van der Waals surface area (Å²) in [6.45, 7) is 1.13. The third-order valence-corrected chi connectivity index (χ3v) is 4.95. The van der Waals surface area contributed by atoms with E-state index in [1.807, 2.05) is 0 Å². The van der Waals surface area contributed by atoms with Crippen LogP contribution in [0.3, 0.4) is 0 Å². The topological polar surface area (TPSA) is 124 Å². The number of aromatic hydroxyl groups is 1. The maximum Gasteiger partial charge on any atom is 0.573 e. The molecule has 174 valence electrons. The minimum Gasteiger partial charge on any atom is -0.506 e. The maximum atomic E-state index is 13.1. The Morgan fingerprint density at radius 1 is 1.15 bits per heavy atom. The fourth-order valence-corrected chi connectivity index (χ4v) is 3.30. The van der Waals surface area contributed by atoms with Crippen LogP contribution in [0, 0.1) is 12.3 Å². The predicted molar refractivity (Wildman–Crippen MR) is 118 cm³/mol. The van der Waals surface area contributed by atoms with E-state index < -0.39 is 18.7 Å². The van der Waals surface area contributed by atoms with Gasteiger partial charge in [-0.05, 0) is 41.3 Å². The van der Waals surface area contributed by atoms with Crippen molar-refractivity contribution in [3.8, 4) is 22.6 Å². The number of nitrogens with one attached hydrogen (secondary N) is 2. The lowest BCUT2D eigenvalue weighted by Gasteiger charge is -2.17. The molecule has 0 aliphatic rings. The molecular formula is C23H23F3N4O3. The first-order valence-electron chi connectivity index (χ1n) is 9.90. The monoisotopic (exact) mass is 460 g/mol. The zero-order chi connectivity index (χ0) is 24.2. The zero-order valence-corrected chi connectivity index (χ0v) is 17.7. The highest BCUT2D eigenvalue weighted by molar-refractivity contribution is 5.80. The van der Waals surface area contributed by atoms with Crippen LogP contribution in [0.2, 0.25) is 0 Å². The van der Waals surface area contributed by atoms with Gasteiger partial charge in [-0.25, -0.2) is 0 Å². The Labute approximate surface area is 188 Å². The second-order valence-electron chi connectivity index (χ2n) is 7.37. The molecule has 0 radical (unpaired) electrons. The van der Waals surface area contributed by atoms with Crippen molar-refractivity contribution >= 4 is 11.5 Å². The van der Waals surface area contributed by atoms with E-state index in [0.717, 1.165) is 5.56 Å². The Kier molecular flexibility index (Phi) is 7.07. The Bertz CT molecular complexity index is 1150. The van der Waals surface area contributed by atoms with E-state index in [1.165, 1.54) is 18.3 Å². The minimum absolute atomic E-state index is 0.00401. The number of rotatable bonds is 8. The molecule has 1 aromatic heterocycles. The largest absolute Gasteiger partial charge is 0.573 e. The molecule has 0 saturated heterocycles. The number of pyridine rings is 1. The summed E-state index contributed by atoms with van der Waals surface area (Å²) in [6.07, 6.45) is -3.18. The van der Waals surface area contributed by atoms with Crippen LogP contribution in [0.25, 0.3) is 11.1 Å². The molecule has 2 aromatic carbocycles. The molecule has 6 N–H and O–H groups in total. The Hall–Kier alpha value is -3.79. The molecule has 0 aliphatic carbocycles. The molecule has 0 bridgehead atoms. The molecule has 0 atom stereocenters. The van der Waals surface area contributed by atoms with E-state index in [0.29, 0.717) is 22.4 Å². The van der Waals surface area contributed by atoms with Gasteiger partial charge < -0.3 is 26.0 Å². The van der Waals surface area contributed by atoms with Crippen molar-refractivity contribution in [1.82, 2.24) is 4.98 Å². The van der Waals surface area contributed by atoms with Gasteiger partial charge in [0.1, 0.15) is 5.75 Å². The lowest BCUT2D eigenvalue weighted by molar-refractivity contribution is -0.274. The van der Waals surface area contributed by atoms with Crippen LogP contribution in [0.15, 0.2) is 48.7 Å². The molecule has 0 spiro atoms. The van der Waals surface area contributed by atoms with Crippen molar-refractivity contribution in [3.05, 3.63) is 71.0 Å². The fraction of sp³-hybridized carbons (Fsp3) is 0.217. The Balaban J connectivity index is 1.89. The number of aliphatic hydroxyl groups is 1. The van der Waals surface area contributed by atoms with Crippen LogP contribution in [-0.2, 0) is 19.6 Å². The van der Waals surface area contributed by atoms with Gasteiger partial charge in [-0.15, -0.1) is 13.2 Å². The van der Waals surface area contributed by atoms with Crippen molar-refractivity contribution in [2.75, 3.05) is 5.32 Å². The molecule has 0 amide bonds. The molecule has 1 heterocycles. The van der Waals surface area contributed by atoms with Gasteiger partial charge in [0, 0.05) is 24.7 Å². The standard InChI is InChI=1S/C23H23F3N4O3/c1-13-22(32)18(12-31)17(10-29-13)11-30-19-7-6-16(9-20(19)33-23(24,25)26)15-4-2-14(3-5-15)8-21(27)28/h2-7,9-10,30-32H,8,11-12H2,1H3,(H3,27,28). The van der Waals surface area contributed by atoms with E-state index in [4.69, 9.17) is 11.1 Å². The van der Waals surface area contributed by atoms with E-state index in [2.05, 4.69) is 15.0 Å². The van der Waals surface area contributed by atoms with Gasteiger partial charge in [-0.1, -0.05) is 30.3 Å². The molecule has 33 heavy (non-hydrogen) atoms. The van der Waals surface area contributed by atoms with Crippen LogP contribution < -0.4 is 15.8 Å². The second kappa shape index (κ2) is 9.78. The summed E-state index contributed by atoms with van der Waals surface area (Å²) in [7, 11) is 0. The highest BCUT2D eigenvalue weighted by atomic mass is 19.4. The number of anilines is 1. The first kappa shape index (κ1) is 23.9. The number of halogens is 3. The van der Waals surface area contributed by atoms with Gasteiger partial charge in [0.25, 0.3) is 0 Å². The molecule has 0 aliphatic heterocycles. The predicted octanol–water partition coefficient (Wildman–Crippen LogP) is 4.24. The highest BCUT2D eigenvalue weighted by Crippen LogP contribution is 2.35. The lowest BCUT2D eigenvalue weighted by Crippen LogP contribution is -2.18. The number of aryl methyl sites for hydroxylation is 1. The number of hydrogen-bond donors (Lipinski definition) is 5. The van der Waals surface area contributed by atoms with Crippen molar-refractivity contribution in [3.63, 3.8) is 0 Å². The average Bonchev–Trinajstić information content (AvgIpc) is 2.74. The number of nitrogens with zero attached hydrogens (tertiary/aromatic N) is 1. The SMILES string of the molecule is Cc1ncc(CNc2ccc(-c3ccc(CC(=N)N)cc3)cc2OC(F)(F)F)c(CO)c1O. The van der Waals surface area contributed by atoms with Crippen molar-refractivity contribution in [1.29, 1.82) is 5.41 Å². The summed E-state index contributed by atoms with van der Waals surface area (Å²) in [5.74, 6) is -0.574. The van der Waals surface area contributed by atoms with Gasteiger partial charge in [-0.3, -0.25) is 10.4 Å². The summed E-state index contributed by atoms with van der Waals surface area (Å²) >= 11 is 0. The Morgan fingerprint density at radius 3 is 2.42 bits per heavy atom. The van der Waals surface area contributed by atoms with E-state index in [-0.39, 0.29) is 35.8 Å². The number of ether oxygens (including phenoxy) is 1. The molecule has 0 saturated carbocycles. The second-order valence-corrected chi connectivity index (χ2v) is 7.37. The molecular weight excluding hydrogens is 437 g/mol.